The van der Waals surface area contributed by atoms with Crippen LogP contribution in [-0.2, 0) is 10.2 Å². The number of nitrogens with one attached hydrogen (secondary N) is 1. The number of benzene rings is 1. The highest BCUT2D eigenvalue weighted by Crippen LogP contribution is 2.31. The van der Waals surface area contributed by atoms with Crippen molar-refractivity contribution in [1.29, 1.82) is 0 Å². The summed E-state index contributed by atoms with van der Waals surface area (Å²) < 4.78 is 34.6. The van der Waals surface area contributed by atoms with Crippen molar-refractivity contribution in [3.05, 3.63) is 23.8 Å². The van der Waals surface area contributed by atoms with Crippen LogP contribution < -0.4 is 20.9 Å². The van der Waals surface area contributed by atoms with Gasteiger partial charge < -0.3 is 16.2 Å². The number of hydrogen-bond acceptors (Lipinski definition) is 5. The number of hydrogen-bond donors (Lipinski definition) is 3. The number of fused-ring (bicyclic) bond motifs is 1. The fourth-order valence-electron chi connectivity index (χ4n) is 2.01. The summed E-state index contributed by atoms with van der Waals surface area (Å²) in [5.41, 5.74) is 12.3. The molecule has 0 unspecified atom stereocenters. The van der Waals surface area contributed by atoms with Gasteiger partial charge in [0.05, 0.1) is 11.3 Å². The molecular weight excluding hydrogens is 292 g/mol. The first kappa shape index (κ1) is 15.6. The van der Waals surface area contributed by atoms with Gasteiger partial charge in [-0.25, -0.2) is 0 Å². The third-order valence-corrected chi connectivity index (χ3v) is 4.58. The summed E-state index contributed by atoms with van der Waals surface area (Å²) in [5, 5.41) is 0. The van der Waals surface area contributed by atoms with Gasteiger partial charge in [-0.15, -0.1) is 4.40 Å². The molecule has 0 fully saturated rings. The zero-order valence-corrected chi connectivity index (χ0v) is 12.9. The van der Waals surface area contributed by atoms with Crippen LogP contribution in [0.25, 0.3) is 0 Å². The lowest BCUT2D eigenvalue weighted by Crippen LogP contribution is -2.44. The van der Waals surface area contributed by atoms with Crippen molar-refractivity contribution >= 4 is 21.7 Å². The SMILES string of the molecule is CCC(N)(CC)COc1cccc2c1C(N)=NS(=O)(=O)N2. The Morgan fingerprint density at radius 2 is 2.00 bits per heavy atom. The third kappa shape index (κ3) is 3.27. The van der Waals surface area contributed by atoms with E-state index in [1.807, 2.05) is 13.8 Å². The van der Waals surface area contributed by atoms with Gasteiger partial charge in [0.25, 0.3) is 0 Å². The Labute approximate surface area is 124 Å². The highest BCUT2D eigenvalue weighted by molar-refractivity contribution is 7.91. The predicted octanol–water partition coefficient (Wildman–Crippen LogP) is 0.958. The number of anilines is 1. The topological polar surface area (TPSA) is 120 Å². The maximum absolute atomic E-state index is 11.5. The van der Waals surface area contributed by atoms with Crippen molar-refractivity contribution in [2.24, 2.45) is 15.9 Å². The van der Waals surface area contributed by atoms with E-state index in [9.17, 15) is 8.42 Å². The average molecular weight is 312 g/mol. The lowest BCUT2D eigenvalue weighted by Gasteiger charge is -2.27. The Morgan fingerprint density at radius 3 is 2.62 bits per heavy atom. The van der Waals surface area contributed by atoms with Crippen LogP contribution in [0.5, 0.6) is 5.75 Å². The Hall–Kier alpha value is -1.80. The van der Waals surface area contributed by atoms with Gasteiger partial charge in [0.15, 0.2) is 5.84 Å². The molecule has 0 bridgehead atoms. The predicted molar refractivity (Wildman–Crippen MR) is 82.7 cm³/mol. The zero-order chi connectivity index (χ0) is 15.7. The van der Waals surface area contributed by atoms with E-state index < -0.39 is 15.7 Å². The van der Waals surface area contributed by atoms with Gasteiger partial charge in [0.2, 0.25) is 0 Å². The number of ether oxygens (including phenoxy) is 1. The lowest BCUT2D eigenvalue weighted by molar-refractivity contribution is 0.207. The van der Waals surface area contributed by atoms with E-state index in [0.29, 0.717) is 23.6 Å². The smallest absolute Gasteiger partial charge is 0.344 e. The van der Waals surface area contributed by atoms with E-state index in [-0.39, 0.29) is 5.84 Å². The van der Waals surface area contributed by atoms with E-state index in [0.717, 1.165) is 12.8 Å². The number of nitrogens with two attached hydrogens (primary N) is 2. The van der Waals surface area contributed by atoms with Gasteiger partial charge in [-0.05, 0) is 25.0 Å². The van der Waals surface area contributed by atoms with Crippen molar-refractivity contribution in [2.45, 2.75) is 32.2 Å². The highest BCUT2D eigenvalue weighted by atomic mass is 32.2. The maximum atomic E-state index is 11.5. The molecule has 5 N–H and O–H groups in total. The Balaban J connectivity index is 2.32. The first-order chi connectivity index (χ1) is 9.80. The van der Waals surface area contributed by atoms with E-state index in [4.69, 9.17) is 16.2 Å². The Bertz CT molecular complexity index is 666. The van der Waals surface area contributed by atoms with Crippen LogP contribution in [0.1, 0.15) is 32.3 Å². The molecule has 0 atom stereocenters. The third-order valence-electron chi connectivity index (χ3n) is 3.66. The van der Waals surface area contributed by atoms with Crippen LogP contribution in [0.15, 0.2) is 22.6 Å². The molecule has 1 aromatic carbocycles. The quantitative estimate of drug-likeness (QED) is 0.748. The maximum Gasteiger partial charge on any atom is 0.344 e. The summed E-state index contributed by atoms with van der Waals surface area (Å²) in [7, 11) is -3.78. The second kappa shape index (κ2) is 5.53. The minimum Gasteiger partial charge on any atom is -0.491 e. The summed E-state index contributed by atoms with van der Waals surface area (Å²) in [6, 6.07) is 5.01. The number of nitrogens with zero attached hydrogens (tertiary/aromatic N) is 1. The summed E-state index contributed by atoms with van der Waals surface area (Å²) in [4.78, 5) is 0. The molecule has 0 aliphatic carbocycles. The van der Waals surface area contributed by atoms with Gasteiger partial charge in [-0.3, -0.25) is 4.72 Å². The molecule has 1 aromatic rings. The van der Waals surface area contributed by atoms with Crippen molar-refractivity contribution in [3.63, 3.8) is 0 Å². The highest BCUT2D eigenvalue weighted by Gasteiger charge is 2.26. The molecule has 2 rings (SSSR count). The minimum absolute atomic E-state index is 0.0880. The van der Waals surface area contributed by atoms with Gasteiger partial charge in [0, 0.05) is 5.54 Å². The number of amidine groups is 1. The van der Waals surface area contributed by atoms with Crippen LogP contribution in [0, 0.1) is 0 Å². The van der Waals surface area contributed by atoms with Crippen LogP contribution in [0.4, 0.5) is 5.69 Å². The molecule has 1 aliphatic heterocycles. The minimum atomic E-state index is -3.78. The molecule has 0 radical (unpaired) electrons. The van der Waals surface area contributed by atoms with Crippen molar-refractivity contribution < 1.29 is 13.2 Å². The summed E-state index contributed by atoms with van der Waals surface area (Å²) in [6.07, 6.45) is 1.55. The van der Waals surface area contributed by atoms with Crippen molar-refractivity contribution in [3.8, 4) is 5.75 Å². The second-order valence-corrected chi connectivity index (χ2v) is 6.43. The largest absolute Gasteiger partial charge is 0.491 e. The fraction of sp³-hybridized carbons (Fsp3) is 0.462. The van der Waals surface area contributed by atoms with Gasteiger partial charge in [0.1, 0.15) is 12.4 Å². The molecule has 0 aromatic heterocycles. The molecular formula is C13H20N4O3S. The molecule has 0 amide bonds. The number of rotatable bonds is 5. The fourth-order valence-corrected chi connectivity index (χ4v) is 2.86. The van der Waals surface area contributed by atoms with Crippen LogP contribution in [0.2, 0.25) is 0 Å². The first-order valence-corrected chi connectivity index (χ1v) is 8.17. The zero-order valence-electron chi connectivity index (χ0n) is 12.1. The molecule has 0 saturated heterocycles. The Morgan fingerprint density at radius 1 is 1.33 bits per heavy atom. The van der Waals surface area contributed by atoms with E-state index in [2.05, 4.69) is 9.12 Å². The second-order valence-electron chi connectivity index (χ2n) is 5.09. The molecule has 0 spiro atoms. The lowest BCUT2D eigenvalue weighted by atomic mass is 9.95. The van der Waals surface area contributed by atoms with E-state index in [1.165, 1.54) is 0 Å². The molecule has 7 nitrogen and oxygen atoms in total. The van der Waals surface area contributed by atoms with Crippen molar-refractivity contribution in [1.82, 2.24) is 0 Å². The molecule has 116 valence electrons. The van der Waals surface area contributed by atoms with Crippen LogP contribution >= 0.6 is 0 Å². The van der Waals surface area contributed by atoms with Crippen LogP contribution in [0.3, 0.4) is 0 Å². The van der Waals surface area contributed by atoms with Gasteiger partial charge in [-0.1, -0.05) is 19.9 Å². The standard InChI is InChI=1S/C13H20N4O3S/c1-3-13(15,4-2)8-20-10-7-5-6-9-11(10)12(14)17-21(18,19)16-9/h5-7,16H,3-4,8,15H2,1-2H3,(H2,14,17). The first-order valence-electron chi connectivity index (χ1n) is 6.73. The van der Waals surface area contributed by atoms with Crippen molar-refractivity contribution in [2.75, 3.05) is 11.3 Å². The molecule has 8 heteroatoms. The summed E-state index contributed by atoms with van der Waals surface area (Å²) >= 11 is 0. The molecule has 0 saturated carbocycles. The van der Waals surface area contributed by atoms with E-state index >= 15 is 0 Å². The monoisotopic (exact) mass is 312 g/mol. The normalized spacial score (nSPS) is 16.6. The molecule has 1 aliphatic rings. The summed E-state index contributed by atoms with van der Waals surface area (Å²) in [6.45, 7) is 4.31. The summed E-state index contributed by atoms with van der Waals surface area (Å²) in [5.74, 6) is 0.378. The van der Waals surface area contributed by atoms with Gasteiger partial charge >= 0.3 is 10.2 Å². The molecule has 1 heterocycles. The Kier molecular flexibility index (Phi) is 4.11. The van der Waals surface area contributed by atoms with Gasteiger partial charge in [-0.2, -0.15) is 8.42 Å². The average Bonchev–Trinajstić information content (AvgIpc) is 2.43. The van der Waals surface area contributed by atoms with Crippen LogP contribution in [-0.4, -0.2) is 26.4 Å². The molecule has 21 heavy (non-hydrogen) atoms. The van der Waals surface area contributed by atoms with E-state index in [1.54, 1.807) is 18.2 Å².